The fraction of sp³-hybridized carbons (Fsp3) is 0.136. The number of ether oxygens (including phenoxy) is 1. The van der Waals surface area contributed by atoms with Gasteiger partial charge in [0.2, 0.25) is 0 Å². The lowest BCUT2D eigenvalue weighted by Crippen LogP contribution is -2.14. The molecule has 0 saturated carbocycles. The highest BCUT2D eigenvalue weighted by atomic mass is 32.2. The zero-order chi connectivity index (χ0) is 21.8. The lowest BCUT2D eigenvalue weighted by atomic mass is 10.1. The zero-order valence-corrected chi connectivity index (χ0v) is 17.5. The van der Waals surface area contributed by atoms with E-state index in [0.29, 0.717) is 17.9 Å². The van der Waals surface area contributed by atoms with Crippen LogP contribution in [0.2, 0.25) is 0 Å². The molecule has 3 aromatic heterocycles. The highest BCUT2D eigenvalue weighted by Gasteiger charge is 2.23. The normalized spacial score (nSPS) is 11.5. The van der Waals surface area contributed by atoms with Crippen molar-refractivity contribution in [3.63, 3.8) is 0 Å². The molecule has 3 heterocycles. The summed E-state index contributed by atoms with van der Waals surface area (Å²) < 4.78 is 53.1. The Morgan fingerprint density at radius 1 is 1.19 bits per heavy atom. The third-order valence-electron chi connectivity index (χ3n) is 4.62. The molecule has 0 saturated heterocycles. The van der Waals surface area contributed by atoms with Crippen LogP contribution in [0.25, 0.3) is 11.3 Å². The number of rotatable bonds is 8. The number of hydrogen-bond acceptors (Lipinski definition) is 6. The maximum atomic E-state index is 15.0. The summed E-state index contributed by atoms with van der Waals surface area (Å²) in [7, 11) is -2.21. The molecular formula is C22H20FN3O4S. The van der Waals surface area contributed by atoms with E-state index < -0.39 is 15.8 Å². The molecule has 0 unspecified atom stereocenters. The lowest BCUT2D eigenvalue weighted by Gasteiger charge is -2.12. The Bertz CT molecular complexity index is 1270. The van der Waals surface area contributed by atoms with Gasteiger partial charge < -0.3 is 14.5 Å². The molecule has 4 aromatic rings. The van der Waals surface area contributed by atoms with E-state index >= 15 is 4.39 Å². The third kappa shape index (κ3) is 4.37. The topological polar surface area (TPSA) is 86.4 Å². The van der Waals surface area contributed by atoms with E-state index in [1.165, 1.54) is 49.1 Å². The molecule has 0 fully saturated rings. The van der Waals surface area contributed by atoms with Crippen LogP contribution in [0.4, 0.5) is 4.39 Å². The molecule has 1 N–H and O–H groups in total. The number of pyridine rings is 1. The minimum Gasteiger partial charge on any atom is -0.489 e. The van der Waals surface area contributed by atoms with Crippen molar-refractivity contribution in [1.29, 1.82) is 0 Å². The second-order valence-corrected chi connectivity index (χ2v) is 8.63. The van der Waals surface area contributed by atoms with E-state index in [0.717, 1.165) is 9.54 Å². The van der Waals surface area contributed by atoms with Gasteiger partial charge in [-0.15, -0.1) is 0 Å². The summed E-state index contributed by atoms with van der Waals surface area (Å²) in [5.41, 5.74) is 1.88. The molecule has 0 aliphatic heterocycles. The summed E-state index contributed by atoms with van der Waals surface area (Å²) in [5, 5.41) is 2.98. The number of hydrogen-bond donors (Lipinski definition) is 1. The van der Waals surface area contributed by atoms with Crippen LogP contribution in [0.1, 0.15) is 11.1 Å². The Labute approximate surface area is 179 Å². The Hall–Kier alpha value is -3.43. The van der Waals surface area contributed by atoms with Crippen molar-refractivity contribution >= 4 is 10.0 Å². The molecule has 31 heavy (non-hydrogen) atoms. The molecule has 160 valence electrons. The van der Waals surface area contributed by atoms with Crippen molar-refractivity contribution in [3.8, 4) is 17.0 Å². The van der Waals surface area contributed by atoms with Crippen molar-refractivity contribution in [2.75, 3.05) is 7.05 Å². The van der Waals surface area contributed by atoms with E-state index in [2.05, 4.69) is 10.3 Å². The van der Waals surface area contributed by atoms with Gasteiger partial charge in [-0.25, -0.2) is 16.8 Å². The Kier molecular flexibility index (Phi) is 5.88. The highest BCUT2D eigenvalue weighted by Crippen LogP contribution is 2.31. The van der Waals surface area contributed by atoms with Crippen molar-refractivity contribution in [2.24, 2.45) is 0 Å². The maximum Gasteiger partial charge on any atom is 0.269 e. The predicted octanol–water partition coefficient (Wildman–Crippen LogP) is 3.82. The SMILES string of the molecule is CNCc1cc(-c2ccc(OCc3ccoc3)cc2F)n(S(=O)(=O)c2cccnc2)c1. The van der Waals surface area contributed by atoms with Crippen LogP contribution in [0.15, 0.2) is 82.9 Å². The van der Waals surface area contributed by atoms with Gasteiger partial charge in [-0.05, 0) is 49.0 Å². The molecule has 0 bridgehead atoms. The van der Waals surface area contributed by atoms with Crippen LogP contribution in [-0.4, -0.2) is 24.4 Å². The van der Waals surface area contributed by atoms with Crippen LogP contribution >= 0.6 is 0 Å². The number of aromatic nitrogens is 2. The summed E-state index contributed by atoms with van der Waals surface area (Å²) in [4.78, 5) is 3.91. The number of nitrogens with one attached hydrogen (secondary N) is 1. The van der Waals surface area contributed by atoms with Gasteiger partial charge in [-0.1, -0.05) is 0 Å². The van der Waals surface area contributed by atoms with E-state index in [4.69, 9.17) is 9.15 Å². The summed E-state index contributed by atoms with van der Waals surface area (Å²) in [6.45, 7) is 0.656. The van der Waals surface area contributed by atoms with Gasteiger partial charge in [0, 0.05) is 42.3 Å². The molecule has 0 atom stereocenters. The van der Waals surface area contributed by atoms with Gasteiger partial charge in [0.1, 0.15) is 23.1 Å². The maximum absolute atomic E-state index is 15.0. The number of benzene rings is 1. The Morgan fingerprint density at radius 3 is 2.74 bits per heavy atom. The van der Waals surface area contributed by atoms with Gasteiger partial charge in [-0.2, -0.15) is 0 Å². The van der Waals surface area contributed by atoms with Gasteiger partial charge in [0.25, 0.3) is 10.0 Å². The summed E-state index contributed by atoms with van der Waals surface area (Å²) in [6, 6.07) is 10.7. The molecule has 4 rings (SSSR count). The smallest absolute Gasteiger partial charge is 0.269 e. The average Bonchev–Trinajstić information content (AvgIpc) is 3.44. The van der Waals surface area contributed by atoms with Crippen molar-refractivity contribution in [1.82, 2.24) is 14.3 Å². The third-order valence-corrected chi connectivity index (χ3v) is 6.27. The quantitative estimate of drug-likeness (QED) is 0.447. The van der Waals surface area contributed by atoms with Crippen LogP contribution < -0.4 is 10.1 Å². The average molecular weight is 441 g/mol. The van der Waals surface area contributed by atoms with Crippen LogP contribution in [0.5, 0.6) is 5.75 Å². The summed E-state index contributed by atoms with van der Waals surface area (Å²) in [5.74, 6) is -0.271. The van der Waals surface area contributed by atoms with Crippen molar-refractivity contribution in [2.45, 2.75) is 18.0 Å². The first-order chi connectivity index (χ1) is 15.0. The second kappa shape index (κ2) is 8.75. The largest absolute Gasteiger partial charge is 0.489 e. The van der Waals surface area contributed by atoms with Crippen LogP contribution in [0, 0.1) is 5.82 Å². The Morgan fingerprint density at radius 2 is 2.06 bits per heavy atom. The number of nitrogens with zero attached hydrogens (tertiary/aromatic N) is 2. The van der Waals surface area contributed by atoms with Gasteiger partial charge in [0.15, 0.2) is 0 Å². The molecule has 0 amide bonds. The first kappa shape index (κ1) is 20.8. The van der Waals surface area contributed by atoms with Gasteiger partial charge in [-0.3, -0.25) is 4.98 Å². The monoisotopic (exact) mass is 441 g/mol. The minimum atomic E-state index is -3.96. The van der Waals surface area contributed by atoms with E-state index in [1.54, 1.807) is 31.5 Å². The fourth-order valence-electron chi connectivity index (χ4n) is 3.14. The molecule has 0 radical (unpaired) electrons. The summed E-state index contributed by atoms with van der Waals surface area (Å²) >= 11 is 0. The molecule has 0 aliphatic carbocycles. The molecule has 7 nitrogen and oxygen atoms in total. The van der Waals surface area contributed by atoms with E-state index in [1.807, 2.05) is 0 Å². The fourth-order valence-corrected chi connectivity index (χ4v) is 4.50. The predicted molar refractivity (Wildman–Crippen MR) is 112 cm³/mol. The molecule has 0 spiro atoms. The van der Waals surface area contributed by atoms with Crippen LogP contribution in [-0.2, 0) is 23.2 Å². The number of halogens is 1. The first-order valence-corrected chi connectivity index (χ1v) is 10.9. The highest BCUT2D eigenvalue weighted by molar-refractivity contribution is 7.90. The van der Waals surface area contributed by atoms with Crippen molar-refractivity contribution < 1.29 is 22.0 Å². The zero-order valence-electron chi connectivity index (χ0n) is 16.7. The second-order valence-electron chi connectivity index (χ2n) is 6.82. The molecule has 0 aliphatic rings. The minimum absolute atomic E-state index is 0.0170. The van der Waals surface area contributed by atoms with E-state index in [9.17, 15) is 8.42 Å². The molecule has 1 aromatic carbocycles. The van der Waals surface area contributed by atoms with Crippen molar-refractivity contribution in [3.05, 3.63) is 90.5 Å². The van der Waals surface area contributed by atoms with Gasteiger partial charge >= 0.3 is 0 Å². The first-order valence-electron chi connectivity index (χ1n) is 9.44. The molecular weight excluding hydrogens is 421 g/mol. The van der Waals surface area contributed by atoms with E-state index in [-0.39, 0.29) is 22.8 Å². The lowest BCUT2D eigenvalue weighted by molar-refractivity contribution is 0.303. The summed E-state index contributed by atoms with van der Waals surface area (Å²) in [6.07, 6.45) is 7.31. The van der Waals surface area contributed by atoms with Crippen LogP contribution in [0.3, 0.4) is 0 Å². The standard InChI is InChI=1S/C22H20FN3O4S/c1-24-11-17-9-22(26(13-17)31(27,28)19-3-2-7-25-12-19)20-5-4-18(10-21(20)23)30-15-16-6-8-29-14-16/h2-10,12-14,24H,11,15H2,1H3. The number of furan rings is 1. The molecule has 9 heteroatoms. The Balaban J connectivity index is 1.72. The van der Waals surface area contributed by atoms with Gasteiger partial charge in [0.05, 0.1) is 18.2 Å².